The van der Waals surface area contributed by atoms with Crippen LogP contribution in [0.2, 0.25) is 0 Å². The van der Waals surface area contributed by atoms with Crippen molar-refractivity contribution >= 4 is 43.7 Å². The molecule has 0 aliphatic heterocycles. The molecule has 0 saturated carbocycles. The van der Waals surface area contributed by atoms with E-state index in [2.05, 4.69) is 148 Å². The standard InChI is InChI=1S/C47H37N3/c1-7-16-30(9-3)33-25-27-41-39(29-33)42-45(37-22-13-14-23-40(37)47(42,5)6)50(41)35-20-15-19-34(28-35)46-48-43(31(10-4)17-8-2)38-26-24-32-18-11-12-21-36(32)44(38)49-46/h7-29H,1-4H2,5-6H3/b30-16+,31-17+. The third kappa shape index (κ3) is 4.66. The van der Waals surface area contributed by atoms with Gasteiger partial charge in [-0.2, -0.15) is 0 Å². The second-order valence-electron chi connectivity index (χ2n) is 13.2. The number of nitrogens with zero attached hydrogens (tertiary/aromatic N) is 3. The molecule has 8 rings (SSSR count). The smallest absolute Gasteiger partial charge is 0.160 e. The lowest BCUT2D eigenvalue weighted by molar-refractivity contribution is 0.666. The molecule has 3 heteroatoms. The van der Waals surface area contributed by atoms with E-state index in [1.165, 1.54) is 27.8 Å². The van der Waals surface area contributed by atoms with E-state index in [9.17, 15) is 0 Å². The van der Waals surface area contributed by atoms with Crippen LogP contribution in [0.25, 0.3) is 72.1 Å². The molecule has 240 valence electrons. The van der Waals surface area contributed by atoms with Crippen LogP contribution in [0.4, 0.5) is 0 Å². The summed E-state index contributed by atoms with van der Waals surface area (Å²) in [6.45, 7) is 20.7. The molecule has 0 atom stereocenters. The lowest BCUT2D eigenvalue weighted by atomic mass is 9.81. The molecule has 0 spiro atoms. The summed E-state index contributed by atoms with van der Waals surface area (Å²) in [5.74, 6) is 0.656. The molecule has 0 fully saturated rings. The molecule has 2 heterocycles. The Labute approximate surface area is 293 Å². The van der Waals surface area contributed by atoms with Gasteiger partial charge in [0, 0.05) is 44.0 Å². The fourth-order valence-electron chi connectivity index (χ4n) is 7.77. The SMILES string of the molecule is C=C/C=C(\C=C)c1ccc2c(c1)c1c(n2-c2cccc(-c3nc(/C(C=C)=C/C=C)c4ccc5ccccc5c4n3)c2)-c2ccccc2C1(C)C. The zero-order chi connectivity index (χ0) is 34.6. The van der Waals surface area contributed by atoms with Gasteiger partial charge in [0.25, 0.3) is 0 Å². The third-order valence-electron chi connectivity index (χ3n) is 10.0. The molecule has 5 aromatic carbocycles. The first-order valence-corrected chi connectivity index (χ1v) is 16.9. The van der Waals surface area contributed by atoms with Gasteiger partial charge < -0.3 is 4.57 Å². The number of rotatable bonds is 8. The summed E-state index contributed by atoms with van der Waals surface area (Å²) in [7, 11) is 0. The zero-order valence-corrected chi connectivity index (χ0v) is 28.4. The van der Waals surface area contributed by atoms with Crippen LogP contribution in [-0.4, -0.2) is 14.5 Å². The first kappa shape index (κ1) is 31.0. The molecule has 1 aliphatic rings. The van der Waals surface area contributed by atoms with Gasteiger partial charge in [0.2, 0.25) is 0 Å². The normalized spacial score (nSPS) is 13.7. The van der Waals surface area contributed by atoms with Crippen LogP contribution in [-0.2, 0) is 5.41 Å². The van der Waals surface area contributed by atoms with Crippen molar-refractivity contribution in [1.82, 2.24) is 14.5 Å². The van der Waals surface area contributed by atoms with Crippen LogP contribution in [0, 0.1) is 0 Å². The average Bonchev–Trinajstić information content (AvgIpc) is 3.62. The molecule has 1 aliphatic carbocycles. The van der Waals surface area contributed by atoms with Crippen molar-refractivity contribution in [3.63, 3.8) is 0 Å². The van der Waals surface area contributed by atoms with Crippen molar-refractivity contribution in [3.8, 4) is 28.3 Å². The van der Waals surface area contributed by atoms with E-state index in [1.807, 2.05) is 30.4 Å². The topological polar surface area (TPSA) is 30.7 Å². The van der Waals surface area contributed by atoms with Crippen LogP contribution in [0.3, 0.4) is 0 Å². The summed E-state index contributed by atoms with van der Waals surface area (Å²) < 4.78 is 2.42. The molecule has 0 saturated heterocycles. The van der Waals surface area contributed by atoms with Gasteiger partial charge in [0.05, 0.1) is 22.4 Å². The van der Waals surface area contributed by atoms with Crippen LogP contribution >= 0.6 is 0 Å². The lowest BCUT2D eigenvalue weighted by Gasteiger charge is -2.21. The molecule has 0 N–H and O–H groups in total. The first-order valence-electron chi connectivity index (χ1n) is 16.9. The maximum atomic E-state index is 5.25. The highest BCUT2D eigenvalue weighted by Crippen LogP contribution is 2.54. The van der Waals surface area contributed by atoms with Crippen molar-refractivity contribution in [2.75, 3.05) is 0 Å². The van der Waals surface area contributed by atoms with E-state index in [0.717, 1.165) is 60.8 Å². The number of benzene rings is 5. The van der Waals surface area contributed by atoms with Crippen LogP contribution < -0.4 is 0 Å². The van der Waals surface area contributed by atoms with Crippen molar-refractivity contribution in [1.29, 1.82) is 0 Å². The van der Waals surface area contributed by atoms with E-state index >= 15 is 0 Å². The zero-order valence-electron chi connectivity index (χ0n) is 28.4. The number of allylic oxidation sites excluding steroid dienone is 8. The van der Waals surface area contributed by atoms with E-state index in [1.54, 1.807) is 6.08 Å². The minimum atomic E-state index is -0.196. The molecule has 0 amide bonds. The summed E-state index contributed by atoms with van der Waals surface area (Å²) >= 11 is 0. The van der Waals surface area contributed by atoms with Crippen molar-refractivity contribution in [2.45, 2.75) is 19.3 Å². The predicted molar refractivity (Wildman–Crippen MR) is 214 cm³/mol. The molecule has 50 heavy (non-hydrogen) atoms. The molecule has 3 nitrogen and oxygen atoms in total. The maximum Gasteiger partial charge on any atom is 0.160 e. The second kappa shape index (κ2) is 12.0. The van der Waals surface area contributed by atoms with Gasteiger partial charge in [-0.3, -0.25) is 0 Å². The van der Waals surface area contributed by atoms with Crippen LogP contribution in [0.1, 0.15) is 36.2 Å². The second-order valence-corrected chi connectivity index (χ2v) is 13.2. The Morgan fingerprint density at radius 3 is 2.24 bits per heavy atom. The fourth-order valence-corrected chi connectivity index (χ4v) is 7.77. The minimum absolute atomic E-state index is 0.196. The van der Waals surface area contributed by atoms with Gasteiger partial charge in [-0.25, -0.2) is 9.97 Å². The summed E-state index contributed by atoms with van der Waals surface area (Å²) in [5.41, 5.74) is 12.8. The average molecular weight is 644 g/mol. The van der Waals surface area contributed by atoms with Gasteiger partial charge in [-0.15, -0.1) is 0 Å². The predicted octanol–water partition coefficient (Wildman–Crippen LogP) is 12.2. The van der Waals surface area contributed by atoms with E-state index in [0.29, 0.717) is 5.82 Å². The van der Waals surface area contributed by atoms with Gasteiger partial charge in [-0.1, -0.05) is 149 Å². The number of fused-ring (bicyclic) bond motifs is 8. The molecule has 0 unspecified atom stereocenters. The lowest BCUT2D eigenvalue weighted by Crippen LogP contribution is -2.14. The van der Waals surface area contributed by atoms with Crippen molar-refractivity contribution in [2.24, 2.45) is 0 Å². The number of aromatic nitrogens is 3. The molecular weight excluding hydrogens is 607 g/mol. The first-order chi connectivity index (χ1) is 24.4. The highest BCUT2D eigenvalue weighted by molar-refractivity contribution is 6.09. The van der Waals surface area contributed by atoms with E-state index < -0.39 is 0 Å². The Morgan fingerprint density at radius 1 is 0.680 bits per heavy atom. The molecule has 7 aromatic rings. The highest BCUT2D eigenvalue weighted by atomic mass is 15.0. The monoisotopic (exact) mass is 643 g/mol. The summed E-state index contributed by atoms with van der Waals surface area (Å²) in [6.07, 6.45) is 11.3. The van der Waals surface area contributed by atoms with Crippen LogP contribution in [0.15, 0.2) is 166 Å². The number of hydrogen-bond donors (Lipinski definition) is 0. The number of hydrogen-bond acceptors (Lipinski definition) is 2. The van der Waals surface area contributed by atoms with Crippen LogP contribution in [0.5, 0.6) is 0 Å². The third-order valence-corrected chi connectivity index (χ3v) is 10.0. The molecule has 0 radical (unpaired) electrons. The van der Waals surface area contributed by atoms with Gasteiger partial charge in [-0.05, 0) is 58.0 Å². The summed E-state index contributed by atoms with van der Waals surface area (Å²) in [5, 5.41) is 4.42. The Balaban J connectivity index is 1.41. The van der Waals surface area contributed by atoms with Gasteiger partial charge >= 0.3 is 0 Å². The minimum Gasteiger partial charge on any atom is -0.309 e. The van der Waals surface area contributed by atoms with Gasteiger partial charge in [0.1, 0.15) is 0 Å². The van der Waals surface area contributed by atoms with Gasteiger partial charge in [0.15, 0.2) is 5.82 Å². The largest absolute Gasteiger partial charge is 0.309 e. The fraction of sp³-hybridized carbons (Fsp3) is 0.0638. The van der Waals surface area contributed by atoms with E-state index in [-0.39, 0.29) is 5.41 Å². The summed E-state index contributed by atoms with van der Waals surface area (Å²) in [6, 6.07) is 36.8. The molecular formula is C47H37N3. The van der Waals surface area contributed by atoms with Crippen molar-refractivity contribution in [3.05, 3.63) is 188 Å². The Morgan fingerprint density at radius 2 is 1.44 bits per heavy atom. The molecule has 2 aromatic heterocycles. The Kier molecular flexibility index (Phi) is 7.42. The van der Waals surface area contributed by atoms with E-state index in [4.69, 9.17) is 9.97 Å². The van der Waals surface area contributed by atoms with Crippen molar-refractivity contribution < 1.29 is 0 Å². The maximum absolute atomic E-state index is 5.25. The Bertz CT molecular complexity index is 2640. The Hall–Kier alpha value is -6.32. The molecule has 0 bridgehead atoms. The highest BCUT2D eigenvalue weighted by Gasteiger charge is 2.40. The quantitative estimate of drug-likeness (QED) is 0.122. The summed E-state index contributed by atoms with van der Waals surface area (Å²) in [4.78, 5) is 10.5.